The summed E-state index contributed by atoms with van der Waals surface area (Å²) in [5.41, 5.74) is 1.20. The number of halogens is 2. The number of carbonyl (C=O) groups excluding carboxylic acids is 1. The van der Waals surface area contributed by atoms with Crippen LogP contribution < -0.4 is 5.32 Å². The zero-order chi connectivity index (χ0) is 16.7. The van der Waals surface area contributed by atoms with Crippen LogP contribution in [0.3, 0.4) is 0 Å². The highest BCUT2D eigenvalue weighted by atomic mass is 127. The average Bonchev–Trinajstić information content (AvgIpc) is 2.58. The molecule has 2 rings (SSSR count). The van der Waals surface area contributed by atoms with Crippen molar-refractivity contribution in [2.75, 3.05) is 33.7 Å². The second-order valence-corrected chi connectivity index (χ2v) is 6.74. The van der Waals surface area contributed by atoms with Gasteiger partial charge in [-0.3, -0.25) is 9.79 Å². The van der Waals surface area contributed by atoms with Gasteiger partial charge in [-0.25, -0.2) is 0 Å². The molecule has 0 spiro atoms. The van der Waals surface area contributed by atoms with Crippen molar-refractivity contribution in [3.8, 4) is 0 Å². The molecule has 24 heavy (non-hydrogen) atoms. The Balaban J connectivity index is 0.00000288. The summed E-state index contributed by atoms with van der Waals surface area (Å²) in [5.74, 6) is 0.890. The Morgan fingerprint density at radius 3 is 2.46 bits per heavy atom. The maximum atomic E-state index is 12.2. The van der Waals surface area contributed by atoms with Crippen LogP contribution in [0.2, 0.25) is 0 Å². The number of nitrogens with zero attached hydrogens (tertiary/aromatic N) is 3. The molecular formula is C17H26BrIN4O. The van der Waals surface area contributed by atoms with E-state index in [4.69, 9.17) is 0 Å². The molecule has 7 heteroatoms. The van der Waals surface area contributed by atoms with E-state index in [-0.39, 0.29) is 29.9 Å². The molecule has 0 bridgehead atoms. The Hall–Kier alpha value is -0.830. The number of amides is 1. The maximum absolute atomic E-state index is 12.2. The van der Waals surface area contributed by atoms with Gasteiger partial charge in [-0.05, 0) is 37.0 Å². The first kappa shape index (κ1) is 21.2. The molecule has 1 aromatic carbocycles. The monoisotopic (exact) mass is 508 g/mol. The first-order valence-corrected chi connectivity index (χ1v) is 8.83. The molecule has 0 saturated carbocycles. The van der Waals surface area contributed by atoms with Gasteiger partial charge < -0.3 is 15.1 Å². The average molecular weight is 509 g/mol. The summed E-state index contributed by atoms with van der Waals surface area (Å²) < 4.78 is 1.07. The second-order valence-electron chi connectivity index (χ2n) is 5.82. The summed E-state index contributed by atoms with van der Waals surface area (Å²) >= 11 is 3.44. The number of aliphatic imine (C=N–C) groups is 1. The van der Waals surface area contributed by atoms with Gasteiger partial charge in [0.1, 0.15) is 0 Å². The van der Waals surface area contributed by atoms with Crippen LogP contribution in [0.4, 0.5) is 0 Å². The lowest BCUT2D eigenvalue weighted by Gasteiger charge is -2.28. The van der Waals surface area contributed by atoms with E-state index in [0.717, 1.165) is 42.9 Å². The molecule has 0 atom stereocenters. The van der Waals surface area contributed by atoms with E-state index in [1.807, 2.05) is 29.0 Å². The molecule has 1 aromatic rings. The zero-order valence-corrected chi connectivity index (χ0v) is 18.2. The van der Waals surface area contributed by atoms with Gasteiger partial charge in [0.15, 0.2) is 5.96 Å². The molecule has 134 valence electrons. The summed E-state index contributed by atoms with van der Waals surface area (Å²) in [4.78, 5) is 20.5. The molecule has 0 aromatic heterocycles. The van der Waals surface area contributed by atoms with Crippen LogP contribution in [-0.2, 0) is 11.3 Å². The van der Waals surface area contributed by atoms with E-state index in [9.17, 15) is 4.79 Å². The van der Waals surface area contributed by atoms with Crippen LogP contribution in [0, 0.1) is 0 Å². The Kier molecular flexibility index (Phi) is 9.65. The molecule has 1 heterocycles. The normalized spacial score (nSPS) is 14.8. The minimum absolute atomic E-state index is 0. The number of carbonyl (C=O) groups is 1. The van der Waals surface area contributed by atoms with Crippen molar-refractivity contribution < 1.29 is 4.79 Å². The smallest absolute Gasteiger partial charge is 0.241 e. The number of likely N-dealkylation sites (tertiary alicyclic amines) is 1. The van der Waals surface area contributed by atoms with Crippen LogP contribution in [0.25, 0.3) is 0 Å². The van der Waals surface area contributed by atoms with Gasteiger partial charge in [0, 0.05) is 38.2 Å². The topological polar surface area (TPSA) is 47.9 Å². The third-order valence-electron chi connectivity index (χ3n) is 4.01. The Morgan fingerprint density at radius 2 is 1.88 bits per heavy atom. The Bertz CT molecular complexity index is 544. The molecule has 1 amide bonds. The first-order chi connectivity index (χ1) is 11.1. The highest BCUT2D eigenvalue weighted by Gasteiger charge is 2.17. The van der Waals surface area contributed by atoms with Gasteiger partial charge in [-0.15, -0.1) is 24.0 Å². The fraction of sp³-hybridized carbons (Fsp3) is 0.529. The summed E-state index contributed by atoms with van der Waals surface area (Å²) in [6.45, 7) is 2.81. The minimum atomic E-state index is 0. The molecular weight excluding hydrogens is 483 g/mol. The second kappa shape index (κ2) is 10.9. The number of hydrogen-bond donors (Lipinski definition) is 1. The molecule has 0 aliphatic carbocycles. The van der Waals surface area contributed by atoms with Crippen molar-refractivity contribution in [1.29, 1.82) is 0 Å². The van der Waals surface area contributed by atoms with Crippen molar-refractivity contribution in [3.63, 3.8) is 0 Å². The zero-order valence-electron chi connectivity index (χ0n) is 14.3. The lowest BCUT2D eigenvalue weighted by Crippen LogP contribution is -2.46. The van der Waals surface area contributed by atoms with E-state index in [0.29, 0.717) is 6.54 Å². The van der Waals surface area contributed by atoms with Crippen molar-refractivity contribution >= 4 is 51.8 Å². The van der Waals surface area contributed by atoms with E-state index >= 15 is 0 Å². The maximum Gasteiger partial charge on any atom is 0.241 e. The van der Waals surface area contributed by atoms with E-state index in [2.05, 4.69) is 38.4 Å². The standard InChI is InChI=1S/C17H25BrN4O.HI/c1-19-17(20-12-16(23)22-10-4-3-5-11-22)21(2)13-14-6-8-15(18)9-7-14;/h6-9H,3-5,10-13H2,1-2H3,(H,19,20);1H. The van der Waals surface area contributed by atoms with Gasteiger partial charge >= 0.3 is 0 Å². The fourth-order valence-corrected chi connectivity index (χ4v) is 3.00. The van der Waals surface area contributed by atoms with Crippen molar-refractivity contribution in [1.82, 2.24) is 15.1 Å². The first-order valence-electron chi connectivity index (χ1n) is 8.04. The number of hydrogen-bond acceptors (Lipinski definition) is 2. The van der Waals surface area contributed by atoms with Crippen LogP contribution in [0.1, 0.15) is 24.8 Å². The van der Waals surface area contributed by atoms with Crippen LogP contribution in [-0.4, -0.2) is 55.4 Å². The highest BCUT2D eigenvalue weighted by Crippen LogP contribution is 2.12. The molecule has 0 radical (unpaired) electrons. The molecule has 0 unspecified atom stereocenters. The molecule has 1 N–H and O–H groups in total. The molecule has 1 aliphatic heterocycles. The van der Waals surface area contributed by atoms with Crippen molar-refractivity contribution in [3.05, 3.63) is 34.3 Å². The fourth-order valence-electron chi connectivity index (χ4n) is 2.73. The van der Waals surface area contributed by atoms with E-state index in [1.165, 1.54) is 12.0 Å². The Labute approximate surface area is 170 Å². The van der Waals surface area contributed by atoms with E-state index < -0.39 is 0 Å². The largest absolute Gasteiger partial charge is 0.347 e. The number of guanidine groups is 1. The van der Waals surface area contributed by atoms with Crippen LogP contribution in [0.15, 0.2) is 33.7 Å². The van der Waals surface area contributed by atoms with Gasteiger partial charge in [-0.2, -0.15) is 0 Å². The predicted octanol–water partition coefficient (Wildman–Crippen LogP) is 3.09. The SMILES string of the molecule is CN=C(NCC(=O)N1CCCCC1)N(C)Cc1ccc(Br)cc1.I. The van der Waals surface area contributed by atoms with E-state index in [1.54, 1.807) is 7.05 Å². The minimum Gasteiger partial charge on any atom is -0.347 e. The van der Waals surface area contributed by atoms with Gasteiger partial charge in [0.25, 0.3) is 0 Å². The molecule has 1 fully saturated rings. The van der Waals surface area contributed by atoms with Gasteiger partial charge in [-0.1, -0.05) is 28.1 Å². The molecule has 5 nitrogen and oxygen atoms in total. The van der Waals surface area contributed by atoms with Gasteiger partial charge in [0.05, 0.1) is 6.54 Å². The number of benzene rings is 1. The Morgan fingerprint density at radius 1 is 1.25 bits per heavy atom. The third kappa shape index (κ3) is 6.58. The lowest BCUT2D eigenvalue weighted by molar-refractivity contribution is -0.130. The van der Waals surface area contributed by atoms with Crippen LogP contribution in [0.5, 0.6) is 0 Å². The third-order valence-corrected chi connectivity index (χ3v) is 4.54. The van der Waals surface area contributed by atoms with Crippen molar-refractivity contribution in [2.24, 2.45) is 4.99 Å². The summed E-state index contributed by atoms with van der Waals surface area (Å²) in [6, 6.07) is 8.21. The quantitative estimate of drug-likeness (QED) is 0.386. The number of nitrogens with one attached hydrogen (secondary N) is 1. The van der Waals surface area contributed by atoms with Gasteiger partial charge in [0.2, 0.25) is 5.91 Å². The van der Waals surface area contributed by atoms with Crippen LogP contribution >= 0.6 is 39.9 Å². The lowest BCUT2D eigenvalue weighted by atomic mass is 10.1. The predicted molar refractivity (Wildman–Crippen MR) is 113 cm³/mol. The number of rotatable bonds is 4. The van der Waals surface area contributed by atoms with Crippen molar-refractivity contribution in [2.45, 2.75) is 25.8 Å². The summed E-state index contributed by atoms with van der Waals surface area (Å²) in [5, 5.41) is 3.17. The molecule has 1 aliphatic rings. The number of piperidine rings is 1. The highest BCUT2D eigenvalue weighted by molar-refractivity contribution is 14.0. The molecule has 1 saturated heterocycles. The summed E-state index contributed by atoms with van der Waals surface area (Å²) in [6.07, 6.45) is 3.46. The summed E-state index contributed by atoms with van der Waals surface area (Å²) in [7, 11) is 3.72.